The first-order valence-corrected chi connectivity index (χ1v) is 5.46. The molecule has 0 aromatic heterocycles. The van der Waals surface area contributed by atoms with Crippen molar-refractivity contribution in [2.24, 2.45) is 17.1 Å². The van der Waals surface area contributed by atoms with E-state index < -0.39 is 0 Å². The number of hydrogen-bond donors (Lipinski definition) is 2. The van der Waals surface area contributed by atoms with E-state index >= 15 is 0 Å². The zero-order chi connectivity index (χ0) is 10.3. The normalized spacial score (nSPS) is 14.5. The molecule has 0 fully saturated rings. The third-order valence-electron chi connectivity index (χ3n) is 2.90. The molecule has 0 radical (unpaired) electrons. The number of nitrogens with two attached hydrogens (primary N) is 1. The molecule has 0 bridgehead atoms. The van der Waals surface area contributed by atoms with Gasteiger partial charge in [-0.05, 0) is 30.8 Å². The van der Waals surface area contributed by atoms with Crippen molar-refractivity contribution in [3.8, 4) is 0 Å². The summed E-state index contributed by atoms with van der Waals surface area (Å²) in [5.74, 6) is 0.646. The molecule has 80 valence electrons. The van der Waals surface area contributed by atoms with E-state index in [1.807, 2.05) is 0 Å². The summed E-state index contributed by atoms with van der Waals surface area (Å²) in [6.45, 7) is 12.0. The van der Waals surface area contributed by atoms with Gasteiger partial charge >= 0.3 is 0 Å². The van der Waals surface area contributed by atoms with Crippen LogP contribution < -0.4 is 11.1 Å². The summed E-state index contributed by atoms with van der Waals surface area (Å²) < 4.78 is 0. The van der Waals surface area contributed by atoms with Gasteiger partial charge in [-0.3, -0.25) is 0 Å². The average Bonchev–Trinajstić information content (AvgIpc) is 2.12. The number of nitrogens with one attached hydrogen (secondary N) is 1. The first kappa shape index (κ1) is 12.9. The molecular formula is C11H26N2. The lowest BCUT2D eigenvalue weighted by atomic mass is 9.90. The van der Waals surface area contributed by atoms with Gasteiger partial charge in [0, 0.05) is 6.54 Å². The Hall–Kier alpha value is -0.0800. The van der Waals surface area contributed by atoms with Gasteiger partial charge in [0.15, 0.2) is 0 Å². The van der Waals surface area contributed by atoms with E-state index in [4.69, 9.17) is 5.73 Å². The lowest BCUT2D eigenvalue weighted by Gasteiger charge is -2.24. The van der Waals surface area contributed by atoms with Gasteiger partial charge in [-0.25, -0.2) is 0 Å². The summed E-state index contributed by atoms with van der Waals surface area (Å²) >= 11 is 0. The Morgan fingerprint density at radius 3 is 2.31 bits per heavy atom. The maximum absolute atomic E-state index is 5.63. The summed E-state index contributed by atoms with van der Waals surface area (Å²) in [5, 5.41) is 3.50. The van der Waals surface area contributed by atoms with Crippen molar-refractivity contribution in [1.29, 1.82) is 0 Å². The zero-order valence-electron chi connectivity index (χ0n) is 9.69. The topological polar surface area (TPSA) is 38.0 Å². The predicted octanol–water partition coefficient (Wildman–Crippen LogP) is 2.00. The van der Waals surface area contributed by atoms with E-state index in [0.717, 1.165) is 19.6 Å². The fourth-order valence-corrected chi connectivity index (χ4v) is 1.13. The van der Waals surface area contributed by atoms with Crippen LogP contribution in [-0.2, 0) is 0 Å². The molecule has 0 aromatic carbocycles. The van der Waals surface area contributed by atoms with E-state index in [0.29, 0.717) is 11.3 Å². The van der Waals surface area contributed by atoms with Gasteiger partial charge in [-0.15, -0.1) is 0 Å². The van der Waals surface area contributed by atoms with E-state index in [-0.39, 0.29) is 0 Å². The average molecular weight is 186 g/mol. The summed E-state index contributed by atoms with van der Waals surface area (Å²) in [4.78, 5) is 0. The van der Waals surface area contributed by atoms with Crippen molar-refractivity contribution < 1.29 is 0 Å². The fourth-order valence-electron chi connectivity index (χ4n) is 1.13. The molecule has 1 atom stereocenters. The van der Waals surface area contributed by atoms with Crippen LogP contribution in [0.4, 0.5) is 0 Å². The molecule has 13 heavy (non-hydrogen) atoms. The van der Waals surface area contributed by atoms with Crippen molar-refractivity contribution in [2.45, 2.75) is 40.5 Å². The Kier molecular flexibility index (Phi) is 6.35. The Balaban J connectivity index is 3.54. The first-order valence-electron chi connectivity index (χ1n) is 5.46. The minimum absolute atomic E-state index is 0.424. The van der Waals surface area contributed by atoms with E-state index in [2.05, 4.69) is 33.0 Å². The van der Waals surface area contributed by atoms with Gasteiger partial charge < -0.3 is 11.1 Å². The molecule has 0 aliphatic rings. The minimum Gasteiger partial charge on any atom is -0.330 e. The molecule has 0 saturated heterocycles. The quantitative estimate of drug-likeness (QED) is 0.638. The molecule has 2 nitrogen and oxygen atoms in total. The Bertz CT molecular complexity index is 117. The van der Waals surface area contributed by atoms with Gasteiger partial charge in [-0.1, -0.05) is 34.1 Å². The minimum atomic E-state index is 0.424. The molecule has 0 amide bonds. The van der Waals surface area contributed by atoms with Gasteiger partial charge in [-0.2, -0.15) is 0 Å². The molecule has 2 heteroatoms. The highest BCUT2D eigenvalue weighted by molar-refractivity contribution is 4.71. The van der Waals surface area contributed by atoms with Gasteiger partial charge in [0.25, 0.3) is 0 Å². The molecule has 0 aliphatic heterocycles. The van der Waals surface area contributed by atoms with Crippen LogP contribution in [0.25, 0.3) is 0 Å². The van der Waals surface area contributed by atoms with Gasteiger partial charge in [0.05, 0.1) is 0 Å². The third kappa shape index (κ3) is 6.05. The monoisotopic (exact) mass is 186 g/mol. The lowest BCUT2D eigenvalue weighted by Crippen LogP contribution is -2.34. The van der Waals surface area contributed by atoms with Crippen LogP contribution in [0.1, 0.15) is 40.5 Å². The highest BCUT2D eigenvalue weighted by Crippen LogP contribution is 2.17. The summed E-state index contributed by atoms with van der Waals surface area (Å²) in [6, 6.07) is 0. The summed E-state index contributed by atoms with van der Waals surface area (Å²) in [7, 11) is 0. The molecule has 0 rings (SSSR count). The molecular weight excluding hydrogens is 160 g/mol. The highest BCUT2D eigenvalue weighted by atomic mass is 14.9. The van der Waals surface area contributed by atoms with Gasteiger partial charge in [0.2, 0.25) is 0 Å². The van der Waals surface area contributed by atoms with Crippen LogP contribution in [0, 0.1) is 11.3 Å². The van der Waals surface area contributed by atoms with Crippen LogP contribution in [-0.4, -0.2) is 19.6 Å². The molecule has 0 aromatic rings. The van der Waals surface area contributed by atoms with Crippen molar-refractivity contribution >= 4 is 0 Å². The maximum Gasteiger partial charge on any atom is 0.000254 e. The Morgan fingerprint density at radius 2 is 1.92 bits per heavy atom. The predicted molar refractivity (Wildman–Crippen MR) is 59.8 cm³/mol. The van der Waals surface area contributed by atoms with E-state index in [1.54, 1.807) is 0 Å². The SMILES string of the molecule is CCC(CN)CNCC(C)(C)CC. The van der Waals surface area contributed by atoms with Crippen LogP contribution in [0.3, 0.4) is 0 Å². The van der Waals surface area contributed by atoms with Crippen molar-refractivity contribution in [3.63, 3.8) is 0 Å². The largest absolute Gasteiger partial charge is 0.330 e. The zero-order valence-corrected chi connectivity index (χ0v) is 9.69. The second-order valence-corrected chi connectivity index (χ2v) is 4.66. The van der Waals surface area contributed by atoms with Crippen LogP contribution in [0.2, 0.25) is 0 Å². The van der Waals surface area contributed by atoms with Crippen molar-refractivity contribution in [1.82, 2.24) is 5.32 Å². The smallest absolute Gasteiger partial charge is 0.000254 e. The molecule has 1 unspecified atom stereocenters. The highest BCUT2D eigenvalue weighted by Gasteiger charge is 2.14. The first-order chi connectivity index (χ1) is 6.05. The lowest BCUT2D eigenvalue weighted by molar-refractivity contribution is 0.315. The van der Waals surface area contributed by atoms with Crippen molar-refractivity contribution in [2.75, 3.05) is 19.6 Å². The summed E-state index contributed by atoms with van der Waals surface area (Å²) in [5.41, 5.74) is 6.05. The second-order valence-electron chi connectivity index (χ2n) is 4.66. The molecule has 0 saturated carbocycles. The van der Waals surface area contributed by atoms with Crippen LogP contribution in [0.5, 0.6) is 0 Å². The van der Waals surface area contributed by atoms with Crippen LogP contribution in [0.15, 0.2) is 0 Å². The molecule has 0 heterocycles. The van der Waals surface area contributed by atoms with E-state index in [9.17, 15) is 0 Å². The second kappa shape index (κ2) is 6.39. The van der Waals surface area contributed by atoms with Gasteiger partial charge in [0.1, 0.15) is 0 Å². The third-order valence-corrected chi connectivity index (χ3v) is 2.90. The standard InChI is InChI=1S/C11H26N2/c1-5-10(7-12)8-13-9-11(3,4)6-2/h10,13H,5-9,12H2,1-4H3. The molecule has 3 N–H and O–H groups in total. The Morgan fingerprint density at radius 1 is 1.31 bits per heavy atom. The summed E-state index contributed by atoms with van der Waals surface area (Å²) in [6.07, 6.45) is 2.40. The van der Waals surface area contributed by atoms with Crippen molar-refractivity contribution in [3.05, 3.63) is 0 Å². The van der Waals surface area contributed by atoms with Crippen LogP contribution >= 0.6 is 0 Å². The Labute approximate surface area is 83.3 Å². The maximum atomic E-state index is 5.63. The molecule has 0 aliphatic carbocycles. The number of hydrogen-bond acceptors (Lipinski definition) is 2. The van der Waals surface area contributed by atoms with E-state index in [1.165, 1.54) is 12.8 Å². The fraction of sp³-hybridized carbons (Fsp3) is 1.00. The number of rotatable bonds is 7. The molecule has 0 spiro atoms.